The first-order chi connectivity index (χ1) is 13.1. The fraction of sp³-hybridized carbons (Fsp3) is 0.350. The highest BCUT2D eigenvalue weighted by Gasteiger charge is 2.24. The molecule has 27 heavy (non-hydrogen) atoms. The molecule has 0 saturated carbocycles. The average molecular weight is 388 g/mol. The predicted octanol–water partition coefficient (Wildman–Crippen LogP) is 2.42. The summed E-state index contributed by atoms with van der Waals surface area (Å²) in [5.74, 6) is 0.652. The van der Waals surface area contributed by atoms with Crippen molar-refractivity contribution in [3.63, 3.8) is 0 Å². The number of hydrogen-bond acceptors (Lipinski definition) is 4. The van der Waals surface area contributed by atoms with Gasteiger partial charge < -0.3 is 14.5 Å². The molecule has 0 atom stereocenters. The molecule has 1 saturated heterocycles. The van der Waals surface area contributed by atoms with E-state index in [2.05, 4.69) is 4.98 Å². The fourth-order valence-corrected chi connectivity index (χ4v) is 3.13. The van der Waals surface area contributed by atoms with Crippen molar-refractivity contribution in [1.82, 2.24) is 14.8 Å². The Kier molecular flexibility index (Phi) is 6.65. The van der Waals surface area contributed by atoms with Gasteiger partial charge >= 0.3 is 0 Å². The third-order valence-corrected chi connectivity index (χ3v) is 4.77. The van der Waals surface area contributed by atoms with Crippen LogP contribution in [0.3, 0.4) is 0 Å². The summed E-state index contributed by atoms with van der Waals surface area (Å²) in [5.41, 5.74) is 0.762. The number of para-hydroxylation sites is 1. The van der Waals surface area contributed by atoms with E-state index in [1.165, 1.54) is 0 Å². The second-order valence-corrected chi connectivity index (χ2v) is 6.70. The lowest BCUT2D eigenvalue weighted by Gasteiger charge is -2.34. The van der Waals surface area contributed by atoms with Crippen LogP contribution in [-0.2, 0) is 16.0 Å². The van der Waals surface area contributed by atoms with Crippen molar-refractivity contribution >= 4 is 23.4 Å². The molecule has 1 aromatic carbocycles. The van der Waals surface area contributed by atoms with E-state index in [1.807, 2.05) is 30.3 Å². The maximum Gasteiger partial charge on any atom is 0.228 e. The second kappa shape index (κ2) is 9.37. The molecule has 3 rings (SSSR count). The molecule has 2 heterocycles. The number of hydrogen-bond donors (Lipinski definition) is 0. The van der Waals surface area contributed by atoms with Gasteiger partial charge in [0.2, 0.25) is 11.8 Å². The monoisotopic (exact) mass is 387 g/mol. The summed E-state index contributed by atoms with van der Waals surface area (Å²) in [6.45, 7) is 2.45. The van der Waals surface area contributed by atoms with Gasteiger partial charge in [0.25, 0.3) is 0 Å². The Bertz CT molecular complexity index is 777. The Morgan fingerprint density at radius 1 is 0.963 bits per heavy atom. The Labute approximate surface area is 163 Å². The summed E-state index contributed by atoms with van der Waals surface area (Å²) in [7, 11) is 0. The van der Waals surface area contributed by atoms with Gasteiger partial charge in [-0.2, -0.15) is 0 Å². The fourth-order valence-electron chi connectivity index (χ4n) is 2.94. The molecule has 1 aliphatic heterocycles. The normalized spacial score (nSPS) is 14.1. The molecule has 1 fully saturated rings. The first-order valence-corrected chi connectivity index (χ1v) is 9.34. The molecule has 142 valence electrons. The van der Waals surface area contributed by atoms with E-state index in [0.717, 1.165) is 5.69 Å². The molecular formula is C20H22ClN3O3. The van der Waals surface area contributed by atoms with Gasteiger partial charge in [0.15, 0.2) is 0 Å². The van der Waals surface area contributed by atoms with Crippen molar-refractivity contribution in [2.24, 2.45) is 0 Å². The van der Waals surface area contributed by atoms with Gasteiger partial charge in [-0.25, -0.2) is 0 Å². The number of pyridine rings is 1. The van der Waals surface area contributed by atoms with Crippen LogP contribution >= 0.6 is 11.6 Å². The molecule has 2 amide bonds. The molecule has 7 heteroatoms. The van der Waals surface area contributed by atoms with E-state index in [1.54, 1.807) is 28.1 Å². The van der Waals surface area contributed by atoms with Crippen molar-refractivity contribution in [3.05, 3.63) is 59.4 Å². The first kappa shape index (κ1) is 19.2. The molecule has 6 nitrogen and oxygen atoms in total. The van der Waals surface area contributed by atoms with E-state index in [9.17, 15) is 9.59 Å². The highest BCUT2D eigenvalue weighted by atomic mass is 35.5. The van der Waals surface area contributed by atoms with E-state index in [4.69, 9.17) is 16.3 Å². The summed E-state index contributed by atoms with van der Waals surface area (Å²) >= 11 is 6.03. The van der Waals surface area contributed by atoms with Crippen molar-refractivity contribution < 1.29 is 14.3 Å². The number of aromatic nitrogens is 1. The second-order valence-electron chi connectivity index (χ2n) is 6.29. The smallest absolute Gasteiger partial charge is 0.228 e. The Balaban J connectivity index is 1.40. The summed E-state index contributed by atoms with van der Waals surface area (Å²) in [6.07, 6.45) is 2.26. The Morgan fingerprint density at radius 3 is 2.30 bits per heavy atom. The highest BCUT2D eigenvalue weighted by Crippen LogP contribution is 2.23. The number of nitrogens with zero attached hydrogens (tertiary/aromatic N) is 3. The molecule has 0 aliphatic carbocycles. The highest BCUT2D eigenvalue weighted by molar-refractivity contribution is 6.32. The molecule has 0 N–H and O–H groups in total. The SMILES string of the molecule is O=C(CCOc1ccccc1Cl)N1CCN(C(=O)Cc2ccccn2)CC1. The minimum absolute atomic E-state index is 0.0267. The Morgan fingerprint density at radius 2 is 1.63 bits per heavy atom. The Hall–Kier alpha value is -2.60. The molecular weight excluding hydrogens is 366 g/mol. The number of carbonyl (C=O) groups is 2. The van der Waals surface area contributed by atoms with Crippen LogP contribution in [0.15, 0.2) is 48.7 Å². The van der Waals surface area contributed by atoms with Gasteiger partial charge in [-0.05, 0) is 24.3 Å². The number of halogens is 1. The van der Waals surface area contributed by atoms with Gasteiger partial charge in [0.05, 0.1) is 24.5 Å². The largest absolute Gasteiger partial charge is 0.491 e. The molecule has 0 radical (unpaired) electrons. The number of benzene rings is 1. The average Bonchev–Trinajstić information content (AvgIpc) is 2.70. The van der Waals surface area contributed by atoms with Crippen molar-refractivity contribution in [3.8, 4) is 5.75 Å². The number of carbonyl (C=O) groups excluding carboxylic acids is 2. The quantitative estimate of drug-likeness (QED) is 0.763. The topological polar surface area (TPSA) is 62.7 Å². The molecule has 1 aromatic heterocycles. The van der Waals surface area contributed by atoms with E-state index >= 15 is 0 Å². The lowest BCUT2D eigenvalue weighted by molar-refractivity contribution is -0.139. The zero-order valence-corrected chi connectivity index (χ0v) is 15.8. The third-order valence-electron chi connectivity index (χ3n) is 4.45. The summed E-state index contributed by atoms with van der Waals surface area (Å²) in [6, 6.07) is 12.7. The maximum atomic E-state index is 12.4. The lowest BCUT2D eigenvalue weighted by Crippen LogP contribution is -2.51. The number of piperazine rings is 1. The van der Waals surface area contributed by atoms with Gasteiger partial charge in [0, 0.05) is 38.1 Å². The van der Waals surface area contributed by atoms with Crippen molar-refractivity contribution in [2.45, 2.75) is 12.8 Å². The minimum atomic E-state index is 0.0267. The molecule has 0 unspecified atom stereocenters. The molecule has 0 spiro atoms. The maximum absolute atomic E-state index is 12.4. The van der Waals surface area contributed by atoms with Crippen LogP contribution in [0, 0.1) is 0 Å². The van der Waals surface area contributed by atoms with Crippen LogP contribution in [0.25, 0.3) is 0 Å². The van der Waals surface area contributed by atoms with Gasteiger partial charge in [0.1, 0.15) is 5.75 Å². The predicted molar refractivity (Wildman–Crippen MR) is 103 cm³/mol. The summed E-state index contributed by atoms with van der Waals surface area (Å²) < 4.78 is 5.57. The molecule has 2 aromatic rings. The van der Waals surface area contributed by atoms with Crippen LogP contribution in [0.5, 0.6) is 5.75 Å². The number of amides is 2. The third kappa shape index (κ3) is 5.44. The number of ether oxygens (including phenoxy) is 1. The van der Waals surface area contributed by atoms with E-state index < -0.39 is 0 Å². The van der Waals surface area contributed by atoms with E-state index in [-0.39, 0.29) is 24.8 Å². The summed E-state index contributed by atoms with van der Waals surface area (Å²) in [4.78, 5) is 32.5. The van der Waals surface area contributed by atoms with Gasteiger partial charge in [-0.15, -0.1) is 0 Å². The minimum Gasteiger partial charge on any atom is -0.491 e. The van der Waals surface area contributed by atoms with Crippen LogP contribution in [0.1, 0.15) is 12.1 Å². The zero-order valence-electron chi connectivity index (χ0n) is 15.0. The molecule has 0 bridgehead atoms. The van der Waals surface area contributed by atoms with Crippen LogP contribution in [0.2, 0.25) is 5.02 Å². The van der Waals surface area contributed by atoms with Gasteiger partial charge in [-0.3, -0.25) is 14.6 Å². The van der Waals surface area contributed by atoms with Crippen LogP contribution < -0.4 is 4.74 Å². The van der Waals surface area contributed by atoms with Crippen molar-refractivity contribution in [2.75, 3.05) is 32.8 Å². The van der Waals surface area contributed by atoms with Crippen LogP contribution in [-0.4, -0.2) is 59.4 Å². The van der Waals surface area contributed by atoms with Gasteiger partial charge in [-0.1, -0.05) is 29.8 Å². The van der Waals surface area contributed by atoms with Crippen molar-refractivity contribution in [1.29, 1.82) is 0 Å². The zero-order chi connectivity index (χ0) is 19.1. The molecule has 1 aliphatic rings. The number of rotatable bonds is 6. The summed E-state index contributed by atoms with van der Waals surface area (Å²) in [5, 5.41) is 0.532. The van der Waals surface area contributed by atoms with E-state index in [0.29, 0.717) is 43.4 Å². The van der Waals surface area contributed by atoms with Crippen LogP contribution in [0.4, 0.5) is 0 Å². The lowest BCUT2D eigenvalue weighted by atomic mass is 10.2. The first-order valence-electron chi connectivity index (χ1n) is 8.96. The standard InChI is InChI=1S/C20H22ClN3O3/c21-17-6-1-2-7-18(17)27-14-8-19(25)23-10-12-24(13-11-23)20(26)15-16-5-3-4-9-22-16/h1-7,9H,8,10-15H2.